The molecule has 0 aliphatic heterocycles. The third-order valence-electron chi connectivity index (χ3n) is 3.55. The molecule has 7 heteroatoms. The Bertz CT molecular complexity index is 933. The molecule has 3 rings (SSSR count). The van der Waals surface area contributed by atoms with Crippen LogP contribution in [0.2, 0.25) is 5.02 Å². The molecule has 124 valence electrons. The summed E-state index contributed by atoms with van der Waals surface area (Å²) in [5.74, 6) is -0.283. The molecule has 2 aromatic carbocycles. The van der Waals surface area contributed by atoms with Crippen LogP contribution in [0.3, 0.4) is 0 Å². The van der Waals surface area contributed by atoms with E-state index in [-0.39, 0.29) is 10.6 Å². The van der Waals surface area contributed by atoms with Crippen LogP contribution in [0.1, 0.15) is 0 Å². The lowest BCUT2D eigenvalue weighted by atomic mass is 10.2. The van der Waals surface area contributed by atoms with Crippen molar-refractivity contribution in [2.45, 2.75) is 4.90 Å². The van der Waals surface area contributed by atoms with E-state index in [1.807, 2.05) is 18.2 Å². The molecule has 1 heterocycles. The van der Waals surface area contributed by atoms with Gasteiger partial charge in [-0.25, -0.2) is 13.1 Å². The van der Waals surface area contributed by atoms with Gasteiger partial charge >= 0.3 is 0 Å². The zero-order chi connectivity index (χ0) is 17.2. The van der Waals surface area contributed by atoms with Gasteiger partial charge in [0.1, 0.15) is 0 Å². The van der Waals surface area contributed by atoms with E-state index >= 15 is 0 Å². The number of halogens is 1. The van der Waals surface area contributed by atoms with Crippen molar-refractivity contribution in [3.8, 4) is 16.9 Å². The molecule has 0 saturated heterocycles. The number of rotatable bonds is 5. The minimum Gasteiger partial charge on any atom is -0.395 e. The minimum absolute atomic E-state index is 0.186. The van der Waals surface area contributed by atoms with Gasteiger partial charge in [-0.2, -0.15) is 5.10 Å². The van der Waals surface area contributed by atoms with Crippen molar-refractivity contribution in [1.29, 1.82) is 0 Å². The summed E-state index contributed by atoms with van der Waals surface area (Å²) in [5, 5.41) is 14.0. The van der Waals surface area contributed by atoms with Gasteiger partial charge in [0.2, 0.25) is 0 Å². The van der Waals surface area contributed by atoms with E-state index in [4.69, 9.17) is 16.7 Å². The fraction of sp³-hybridized carbons (Fsp3) is 0.118. The molecular weight excluding hydrogens is 348 g/mol. The quantitative estimate of drug-likeness (QED) is 0.757. The van der Waals surface area contributed by atoms with Crippen molar-refractivity contribution in [1.82, 2.24) is 9.78 Å². The van der Waals surface area contributed by atoms with Crippen LogP contribution in [0, 0.1) is 0 Å². The first-order valence-electron chi connectivity index (χ1n) is 7.25. The molecule has 0 radical (unpaired) electrons. The molecule has 0 amide bonds. The highest BCUT2D eigenvalue weighted by atomic mass is 35.5. The van der Waals surface area contributed by atoms with Crippen LogP contribution in [0.4, 0.5) is 0 Å². The summed E-state index contributed by atoms with van der Waals surface area (Å²) < 4.78 is 25.5. The highest BCUT2D eigenvalue weighted by Crippen LogP contribution is 2.21. The van der Waals surface area contributed by atoms with E-state index in [2.05, 4.69) is 5.10 Å². The molecule has 0 bridgehead atoms. The zero-order valence-corrected chi connectivity index (χ0v) is 14.2. The van der Waals surface area contributed by atoms with Crippen LogP contribution < -0.4 is 0 Å². The molecule has 0 spiro atoms. The Balaban J connectivity index is 1.87. The number of aliphatic hydroxyl groups excluding tert-OH is 1. The highest BCUT2D eigenvalue weighted by molar-refractivity contribution is 7.91. The smallest absolute Gasteiger partial charge is 0.180 e. The second-order valence-corrected chi connectivity index (χ2v) is 7.73. The first kappa shape index (κ1) is 16.7. The Morgan fingerprint density at radius 1 is 1.00 bits per heavy atom. The summed E-state index contributed by atoms with van der Waals surface area (Å²) in [6, 6.07) is 15.7. The van der Waals surface area contributed by atoms with Crippen LogP contribution >= 0.6 is 11.6 Å². The number of hydrogen-bond donors (Lipinski definition) is 1. The van der Waals surface area contributed by atoms with E-state index in [9.17, 15) is 8.42 Å². The molecule has 0 atom stereocenters. The molecular formula is C17H15ClN2O3S. The Morgan fingerprint density at radius 3 is 2.29 bits per heavy atom. The summed E-state index contributed by atoms with van der Waals surface area (Å²) >= 11 is 5.88. The maximum absolute atomic E-state index is 11.9. The average molecular weight is 363 g/mol. The predicted octanol–water partition coefficient (Wildman–Crippen LogP) is 2.96. The van der Waals surface area contributed by atoms with Crippen LogP contribution in [-0.2, 0) is 9.84 Å². The molecule has 0 fully saturated rings. The first-order chi connectivity index (χ1) is 11.5. The average Bonchev–Trinajstić information content (AvgIpc) is 3.05. The van der Waals surface area contributed by atoms with Gasteiger partial charge in [0.15, 0.2) is 9.84 Å². The van der Waals surface area contributed by atoms with Gasteiger partial charge in [-0.15, -0.1) is 0 Å². The maximum atomic E-state index is 11.9. The second-order valence-electron chi connectivity index (χ2n) is 5.19. The molecule has 0 aliphatic carbocycles. The summed E-state index contributed by atoms with van der Waals surface area (Å²) in [5.41, 5.74) is 2.49. The number of aliphatic hydroxyl groups is 1. The minimum atomic E-state index is -3.44. The summed E-state index contributed by atoms with van der Waals surface area (Å²) in [7, 11) is -3.44. The number of aromatic nitrogens is 2. The van der Waals surface area contributed by atoms with Gasteiger partial charge in [0.25, 0.3) is 0 Å². The first-order valence-corrected chi connectivity index (χ1v) is 9.28. The van der Waals surface area contributed by atoms with Crippen molar-refractivity contribution in [3.63, 3.8) is 0 Å². The number of sulfone groups is 1. The van der Waals surface area contributed by atoms with Gasteiger partial charge in [-0.3, -0.25) is 0 Å². The fourth-order valence-corrected chi connectivity index (χ4v) is 3.44. The Hall–Kier alpha value is -2.15. The van der Waals surface area contributed by atoms with Crippen molar-refractivity contribution < 1.29 is 13.5 Å². The topological polar surface area (TPSA) is 72.2 Å². The van der Waals surface area contributed by atoms with Crippen molar-refractivity contribution in [2.24, 2.45) is 0 Å². The number of nitrogens with zero attached hydrogens (tertiary/aromatic N) is 2. The van der Waals surface area contributed by atoms with Crippen molar-refractivity contribution in [3.05, 3.63) is 65.8 Å². The van der Waals surface area contributed by atoms with Gasteiger partial charge in [0.05, 0.1) is 28.6 Å². The van der Waals surface area contributed by atoms with Crippen LogP contribution in [0.5, 0.6) is 0 Å². The molecule has 0 saturated carbocycles. The Morgan fingerprint density at radius 2 is 1.67 bits per heavy atom. The fourth-order valence-electron chi connectivity index (χ4n) is 2.29. The van der Waals surface area contributed by atoms with Crippen molar-refractivity contribution >= 4 is 21.4 Å². The molecule has 1 N–H and O–H groups in total. The lowest BCUT2D eigenvalue weighted by Crippen LogP contribution is -2.10. The van der Waals surface area contributed by atoms with Crippen molar-refractivity contribution in [2.75, 3.05) is 12.4 Å². The van der Waals surface area contributed by atoms with E-state index in [1.54, 1.807) is 35.1 Å². The van der Waals surface area contributed by atoms with E-state index < -0.39 is 16.4 Å². The molecule has 0 aliphatic rings. The van der Waals surface area contributed by atoms with Gasteiger partial charge < -0.3 is 5.11 Å². The SMILES string of the molecule is O=S(=O)(CCO)c1ccc(-n2ccc(-c3ccc(Cl)cc3)n2)cc1. The Labute approximate surface area is 145 Å². The van der Waals surface area contributed by atoms with Crippen LogP contribution in [0.25, 0.3) is 16.9 Å². The molecule has 0 unspecified atom stereocenters. The summed E-state index contributed by atoms with van der Waals surface area (Å²) in [6.07, 6.45) is 1.81. The lowest BCUT2D eigenvalue weighted by molar-refractivity contribution is 0.319. The Kier molecular flexibility index (Phi) is 4.71. The standard InChI is InChI=1S/C17H15ClN2O3S/c18-14-3-1-13(2-4-14)17-9-10-20(19-17)15-5-7-16(8-6-15)24(22,23)12-11-21/h1-10,21H,11-12H2. The normalized spacial score (nSPS) is 11.6. The molecule has 5 nitrogen and oxygen atoms in total. The monoisotopic (exact) mass is 362 g/mol. The summed E-state index contributed by atoms with van der Waals surface area (Å²) in [4.78, 5) is 0.186. The number of hydrogen-bond acceptors (Lipinski definition) is 4. The second kappa shape index (κ2) is 6.76. The zero-order valence-electron chi connectivity index (χ0n) is 12.6. The van der Waals surface area contributed by atoms with E-state index in [1.165, 1.54) is 12.1 Å². The largest absolute Gasteiger partial charge is 0.395 e. The third kappa shape index (κ3) is 3.51. The van der Waals surface area contributed by atoms with E-state index in [0.29, 0.717) is 5.02 Å². The molecule has 3 aromatic rings. The van der Waals surface area contributed by atoms with Gasteiger partial charge in [-0.1, -0.05) is 23.7 Å². The van der Waals surface area contributed by atoms with Crippen LogP contribution in [0.15, 0.2) is 65.7 Å². The summed E-state index contributed by atoms with van der Waals surface area (Å²) in [6.45, 7) is -0.395. The third-order valence-corrected chi connectivity index (χ3v) is 5.51. The van der Waals surface area contributed by atoms with Crippen LogP contribution in [-0.4, -0.2) is 35.7 Å². The van der Waals surface area contributed by atoms with Gasteiger partial charge in [-0.05, 0) is 42.5 Å². The van der Waals surface area contributed by atoms with Gasteiger partial charge in [0, 0.05) is 16.8 Å². The number of benzene rings is 2. The predicted molar refractivity (Wildman–Crippen MR) is 93.1 cm³/mol. The van der Waals surface area contributed by atoms with E-state index in [0.717, 1.165) is 16.9 Å². The highest BCUT2D eigenvalue weighted by Gasteiger charge is 2.13. The maximum Gasteiger partial charge on any atom is 0.180 e. The lowest BCUT2D eigenvalue weighted by Gasteiger charge is -2.05. The molecule has 1 aromatic heterocycles. The molecule has 24 heavy (non-hydrogen) atoms.